The van der Waals surface area contributed by atoms with Gasteiger partial charge in [0.1, 0.15) is 41.7 Å². The number of thiazole rings is 1. The Kier molecular flexibility index (Phi) is 6.78. The Morgan fingerprint density at radius 1 is 1.11 bits per heavy atom. The summed E-state index contributed by atoms with van der Waals surface area (Å²) in [5, 5.41) is 26.4. The number of benzene rings is 2. The minimum atomic E-state index is -0.975. The largest absolute Gasteiger partial charge is 0.485 e. The Morgan fingerprint density at radius 2 is 2.00 bits per heavy atom. The zero-order chi connectivity index (χ0) is 24.3. The number of rotatable bonds is 9. The molecule has 0 radical (unpaired) electrons. The van der Waals surface area contributed by atoms with Gasteiger partial charge in [-0.15, -0.1) is 11.3 Å². The molecule has 1 aliphatic heterocycles. The van der Waals surface area contributed by atoms with E-state index in [1.54, 1.807) is 18.3 Å². The van der Waals surface area contributed by atoms with E-state index in [2.05, 4.69) is 25.3 Å². The molecule has 3 heterocycles. The lowest BCUT2D eigenvalue weighted by Crippen LogP contribution is -2.37. The van der Waals surface area contributed by atoms with Crippen LogP contribution in [0.2, 0.25) is 5.02 Å². The van der Waals surface area contributed by atoms with Gasteiger partial charge in [0.15, 0.2) is 5.90 Å². The van der Waals surface area contributed by atoms with Crippen LogP contribution in [-0.4, -0.2) is 56.4 Å². The van der Waals surface area contributed by atoms with Crippen LogP contribution < -0.4 is 10.1 Å². The van der Waals surface area contributed by atoms with Gasteiger partial charge in [-0.1, -0.05) is 17.7 Å². The number of halogens is 1. The highest BCUT2D eigenvalue weighted by Gasteiger charge is 2.35. The zero-order valence-electron chi connectivity index (χ0n) is 18.5. The Morgan fingerprint density at radius 3 is 2.74 bits per heavy atom. The number of nitrogens with zero attached hydrogens (tertiary/aromatic N) is 4. The van der Waals surface area contributed by atoms with Gasteiger partial charge in [-0.3, -0.25) is 0 Å². The van der Waals surface area contributed by atoms with E-state index < -0.39 is 5.54 Å². The van der Waals surface area contributed by atoms with Crippen molar-refractivity contribution in [3.63, 3.8) is 0 Å². The van der Waals surface area contributed by atoms with Crippen LogP contribution in [0.3, 0.4) is 0 Å². The molecule has 0 spiro atoms. The first-order valence-corrected chi connectivity index (χ1v) is 12.1. The Bertz CT molecular complexity index is 1360. The molecule has 9 nitrogen and oxygen atoms in total. The number of aliphatic hydroxyl groups is 2. The molecule has 0 bridgehead atoms. The molecule has 0 saturated carbocycles. The third kappa shape index (κ3) is 5.20. The van der Waals surface area contributed by atoms with Crippen LogP contribution >= 0.6 is 22.9 Å². The van der Waals surface area contributed by atoms with Gasteiger partial charge in [-0.25, -0.2) is 19.9 Å². The molecular weight excluding hydrogens is 490 g/mol. The van der Waals surface area contributed by atoms with Gasteiger partial charge in [0.05, 0.1) is 23.8 Å². The smallest absolute Gasteiger partial charge is 0.188 e. The quantitative estimate of drug-likeness (QED) is 0.310. The summed E-state index contributed by atoms with van der Waals surface area (Å²) in [5.41, 5.74) is 1.48. The second kappa shape index (κ2) is 10.1. The average molecular weight is 512 g/mol. The van der Waals surface area contributed by atoms with Crippen LogP contribution in [-0.2, 0) is 17.8 Å². The van der Waals surface area contributed by atoms with Crippen molar-refractivity contribution >= 4 is 51.2 Å². The third-order valence-electron chi connectivity index (χ3n) is 5.54. The molecule has 2 aromatic heterocycles. The Balaban J connectivity index is 1.34. The third-order valence-corrected chi connectivity index (χ3v) is 6.59. The summed E-state index contributed by atoms with van der Waals surface area (Å²) >= 11 is 7.97. The van der Waals surface area contributed by atoms with Gasteiger partial charge in [-0.05, 0) is 35.9 Å². The van der Waals surface area contributed by atoms with Gasteiger partial charge in [0.25, 0.3) is 0 Å². The van der Waals surface area contributed by atoms with Crippen LogP contribution in [0.15, 0.2) is 59.3 Å². The normalized spacial score (nSPS) is 14.5. The second-order valence-corrected chi connectivity index (χ2v) is 9.46. The van der Waals surface area contributed by atoms with Crippen LogP contribution in [0, 0.1) is 0 Å². The van der Waals surface area contributed by atoms with E-state index in [1.165, 1.54) is 17.7 Å². The number of ether oxygens (including phenoxy) is 2. The van der Waals surface area contributed by atoms with Crippen molar-refractivity contribution < 1.29 is 19.7 Å². The van der Waals surface area contributed by atoms with Crippen LogP contribution in [0.5, 0.6) is 5.75 Å². The minimum Gasteiger partial charge on any atom is -0.485 e. The highest BCUT2D eigenvalue weighted by atomic mass is 35.5. The summed E-state index contributed by atoms with van der Waals surface area (Å²) in [7, 11) is 0. The zero-order valence-corrected chi connectivity index (χ0v) is 20.1. The molecule has 35 heavy (non-hydrogen) atoms. The van der Waals surface area contributed by atoms with E-state index in [0.717, 1.165) is 27.2 Å². The fraction of sp³-hybridized carbons (Fsp3) is 0.250. The van der Waals surface area contributed by atoms with Gasteiger partial charge >= 0.3 is 0 Å². The van der Waals surface area contributed by atoms with Crippen molar-refractivity contribution in [1.29, 1.82) is 0 Å². The predicted molar refractivity (Wildman–Crippen MR) is 135 cm³/mol. The molecule has 1 aliphatic rings. The second-order valence-electron chi connectivity index (χ2n) is 8.07. The van der Waals surface area contributed by atoms with Crippen molar-refractivity contribution in [3.8, 4) is 5.75 Å². The van der Waals surface area contributed by atoms with Crippen molar-refractivity contribution in [2.24, 2.45) is 4.99 Å². The van der Waals surface area contributed by atoms with Crippen LogP contribution in [0.1, 0.15) is 10.6 Å². The summed E-state index contributed by atoms with van der Waals surface area (Å²) in [6.07, 6.45) is 3.66. The number of nitrogens with one attached hydrogen (secondary N) is 1. The van der Waals surface area contributed by atoms with Crippen molar-refractivity contribution in [2.45, 2.75) is 18.6 Å². The molecular formula is C24H22ClN5O4S. The number of fused-ring (bicyclic) bond motifs is 1. The fourth-order valence-electron chi connectivity index (χ4n) is 3.63. The molecule has 0 amide bonds. The summed E-state index contributed by atoms with van der Waals surface area (Å²) in [6, 6.07) is 11.3. The maximum Gasteiger partial charge on any atom is 0.188 e. The monoisotopic (exact) mass is 511 g/mol. The summed E-state index contributed by atoms with van der Waals surface area (Å²) in [4.78, 5) is 17.4. The van der Waals surface area contributed by atoms with E-state index in [0.29, 0.717) is 35.5 Å². The van der Waals surface area contributed by atoms with Gasteiger partial charge < -0.3 is 25.0 Å². The lowest BCUT2D eigenvalue weighted by Gasteiger charge is -2.16. The molecule has 0 fully saturated rings. The predicted octanol–water partition coefficient (Wildman–Crippen LogP) is 3.76. The van der Waals surface area contributed by atoms with Crippen molar-refractivity contribution in [2.75, 3.05) is 25.1 Å². The van der Waals surface area contributed by atoms with E-state index in [-0.39, 0.29) is 19.8 Å². The van der Waals surface area contributed by atoms with E-state index in [4.69, 9.17) is 21.1 Å². The number of aliphatic imine (C=N–C) groups is 1. The molecule has 0 aliphatic carbocycles. The van der Waals surface area contributed by atoms with Gasteiger partial charge in [-0.2, -0.15) is 0 Å². The lowest BCUT2D eigenvalue weighted by molar-refractivity contribution is 0.0973. The highest BCUT2D eigenvalue weighted by Crippen LogP contribution is 2.31. The van der Waals surface area contributed by atoms with Crippen molar-refractivity contribution in [1.82, 2.24) is 15.0 Å². The van der Waals surface area contributed by atoms with Crippen LogP contribution in [0.25, 0.3) is 10.9 Å². The topological polar surface area (TPSA) is 122 Å². The summed E-state index contributed by atoms with van der Waals surface area (Å²) in [5.74, 6) is 1.67. The van der Waals surface area contributed by atoms with Gasteiger partial charge in [0, 0.05) is 29.1 Å². The molecule has 5 rings (SSSR count). The molecule has 4 aromatic rings. The van der Waals surface area contributed by atoms with E-state index in [9.17, 15) is 10.2 Å². The van der Waals surface area contributed by atoms with Crippen molar-refractivity contribution in [3.05, 3.63) is 69.9 Å². The lowest BCUT2D eigenvalue weighted by atomic mass is 10.1. The van der Waals surface area contributed by atoms with Crippen LogP contribution in [0.4, 0.5) is 11.5 Å². The maximum atomic E-state index is 9.54. The highest BCUT2D eigenvalue weighted by molar-refractivity contribution is 7.09. The molecule has 0 unspecified atom stereocenters. The molecule has 180 valence electrons. The molecule has 0 saturated heterocycles. The minimum absolute atomic E-state index is 0.156. The summed E-state index contributed by atoms with van der Waals surface area (Å²) in [6.45, 7) is -0.0345. The number of hydrogen-bond donors (Lipinski definition) is 3. The fourth-order valence-corrected chi connectivity index (χ4v) is 4.40. The van der Waals surface area contributed by atoms with Gasteiger partial charge in [0.2, 0.25) is 0 Å². The standard InChI is InChI=1S/C24H22ClN5O4S/c25-18-9-16(2-4-20(18)33-10-22-26-5-6-35-22)29-23-17-7-15(1-3-19(17)27-14-28-23)8-21-30-24(11-31,12-32)13-34-21/h1-7,9,14,31-32H,8,10-13H2,(H,27,28,29). The first-order chi connectivity index (χ1) is 17.1. The molecule has 0 atom stereocenters. The number of aromatic nitrogens is 3. The summed E-state index contributed by atoms with van der Waals surface area (Å²) < 4.78 is 11.4. The number of hydrogen-bond acceptors (Lipinski definition) is 10. The first-order valence-electron chi connectivity index (χ1n) is 10.8. The Labute approximate surface area is 210 Å². The Hall–Kier alpha value is -3.31. The maximum absolute atomic E-state index is 9.54. The van der Waals surface area contributed by atoms with E-state index in [1.807, 2.05) is 29.6 Å². The average Bonchev–Trinajstić information content (AvgIpc) is 3.54. The molecule has 2 aromatic carbocycles. The number of aliphatic hydroxyl groups excluding tert-OH is 2. The number of anilines is 2. The van der Waals surface area contributed by atoms with E-state index >= 15 is 0 Å². The molecule has 3 N–H and O–H groups in total. The first kappa shape index (κ1) is 23.4. The molecule has 11 heteroatoms. The SMILES string of the molecule is OCC1(CO)COC(Cc2ccc3ncnc(Nc4ccc(OCc5nccs5)c(Cl)c4)c3c2)=N1.